The van der Waals surface area contributed by atoms with Gasteiger partial charge in [-0.05, 0) is 38.8 Å². The fourth-order valence-electron chi connectivity index (χ4n) is 2.45. The highest BCUT2D eigenvalue weighted by molar-refractivity contribution is 6.34. The molecule has 0 radical (unpaired) electrons. The molecule has 104 valence electrons. The lowest BCUT2D eigenvalue weighted by Crippen LogP contribution is -2.48. The average Bonchev–Trinajstić information content (AvgIpc) is 2.80. The fraction of sp³-hybridized carbons (Fsp3) is 0.538. The van der Waals surface area contributed by atoms with Crippen LogP contribution in [0.4, 0.5) is 0 Å². The van der Waals surface area contributed by atoms with Crippen molar-refractivity contribution < 1.29 is 9.90 Å². The Morgan fingerprint density at radius 3 is 2.79 bits per heavy atom. The summed E-state index contributed by atoms with van der Waals surface area (Å²) in [6, 6.07) is 2.87. The third kappa shape index (κ3) is 3.02. The minimum atomic E-state index is -0.947. The van der Waals surface area contributed by atoms with E-state index in [4.69, 9.17) is 23.2 Å². The van der Waals surface area contributed by atoms with Gasteiger partial charge >= 0.3 is 0 Å². The minimum Gasteiger partial charge on any atom is -0.388 e. The van der Waals surface area contributed by atoms with E-state index in [-0.39, 0.29) is 27.8 Å². The van der Waals surface area contributed by atoms with Crippen molar-refractivity contribution >= 4 is 29.1 Å². The first-order valence-electron chi connectivity index (χ1n) is 6.16. The highest BCUT2D eigenvalue weighted by Gasteiger charge is 2.39. The zero-order chi connectivity index (χ0) is 14.2. The van der Waals surface area contributed by atoms with Gasteiger partial charge in [0.15, 0.2) is 0 Å². The number of aliphatic hydroxyl groups is 1. The monoisotopic (exact) mass is 302 g/mol. The Labute approximate surface area is 122 Å². The van der Waals surface area contributed by atoms with Gasteiger partial charge in [0, 0.05) is 6.54 Å². The molecular formula is C13H16Cl2N2O2. The van der Waals surface area contributed by atoms with Gasteiger partial charge in [0.1, 0.15) is 10.8 Å². The summed E-state index contributed by atoms with van der Waals surface area (Å²) in [6.45, 7) is 4.00. The fourth-order valence-corrected chi connectivity index (χ4v) is 2.78. The number of amides is 1. The summed E-state index contributed by atoms with van der Waals surface area (Å²) in [5.74, 6) is -0.280. The molecule has 2 heterocycles. The molecule has 1 amide bonds. The van der Waals surface area contributed by atoms with Crippen molar-refractivity contribution in [1.29, 1.82) is 0 Å². The molecule has 19 heavy (non-hydrogen) atoms. The maximum absolute atomic E-state index is 12.5. The van der Waals surface area contributed by atoms with Crippen LogP contribution in [0.1, 0.15) is 37.2 Å². The van der Waals surface area contributed by atoms with Crippen LogP contribution in [0.15, 0.2) is 12.1 Å². The van der Waals surface area contributed by atoms with E-state index in [9.17, 15) is 9.90 Å². The van der Waals surface area contributed by atoms with Crippen molar-refractivity contribution in [1.82, 2.24) is 9.88 Å². The largest absolute Gasteiger partial charge is 0.388 e. The Bertz CT molecular complexity index is 500. The number of carbonyl (C=O) groups is 1. The van der Waals surface area contributed by atoms with Gasteiger partial charge in [-0.25, -0.2) is 4.98 Å². The molecule has 1 aliphatic rings. The first-order chi connectivity index (χ1) is 8.80. The predicted octanol–water partition coefficient (Wildman–Crippen LogP) is 2.76. The molecule has 0 aromatic carbocycles. The Morgan fingerprint density at radius 1 is 1.47 bits per heavy atom. The van der Waals surface area contributed by atoms with Gasteiger partial charge in [-0.3, -0.25) is 4.79 Å². The lowest BCUT2D eigenvalue weighted by molar-refractivity contribution is 0.000126. The number of rotatable bonds is 2. The van der Waals surface area contributed by atoms with Gasteiger partial charge in [-0.15, -0.1) is 0 Å². The number of halogens is 2. The van der Waals surface area contributed by atoms with Crippen LogP contribution in [0.3, 0.4) is 0 Å². The summed E-state index contributed by atoms with van der Waals surface area (Å²) in [4.78, 5) is 18.1. The average molecular weight is 303 g/mol. The van der Waals surface area contributed by atoms with Gasteiger partial charge in [-0.2, -0.15) is 0 Å². The van der Waals surface area contributed by atoms with Gasteiger partial charge in [0.25, 0.3) is 5.91 Å². The first kappa shape index (κ1) is 14.6. The second-order valence-corrected chi connectivity index (χ2v) is 6.07. The lowest BCUT2D eigenvalue weighted by Gasteiger charge is -2.33. The summed E-state index contributed by atoms with van der Waals surface area (Å²) in [5.41, 5.74) is -0.803. The van der Waals surface area contributed by atoms with E-state index in [1.807, 2.05) is 0 Å². The first-order valence-corrected chi connectivity index (χ1v) is 6.91. The summed E-state index contributed by atoms with van der Waals surface area (Å²) >= 11 is 11.8. The molecule has 0 aliphatic carbocycles. The van der Waals surface area contributed by atoms with Crippen molar-refractivity contribution in [3.8, 4) is 0 Å². The molecule has 1 fully saturated rings. The van der Waals surface area contributed by atoms with E-state index >= 15 is 0 Å². The second kappa shape index (κ2) is 5.27. The molecular weight excluding hydrogens is 287 g/mol. The minimum absolute atomic E-state index is 0.144. The molecule has 0 bridgehead atoms. The molecule has 1 aromatic rings. The van der Waals surface area contributed by atoms with Crippen molar-refractivity contribution in [2.24, 2.45) is 0 Å². The van der Waals surface area contributed by atoms with E-state index in [0.29, 0.717) is 6.54 Å². The second-order valence-electron chi connectivity index (χ2n) is 5.27. The molecule has 6 heteroatoms. The predicted molar refractivity (Wildman–Crippen MR) is 74.6 cm³/mol. The van der Waals surface area contributed by atoms with Crippen LogP contribution < -0.4 is 0 Å². The molecule has 2 rings (SSSR count). The Kier molecular flexibility index (Phi) is 4.04. The Balaban J connectivity index is 2.31. The van der Waals surface area contributed by atoms with Crippen LogP contribution in [0, 0.1) is 0 Å². The standard InChI is InChI=1S/C13H16Cl2N2O2/c1-13(2,19)9-4-3-7-17(9)12(18)11-8(14)5-6-10(15)16-11/h5-6,9,19H,3-4,7H2,1-2H3. The lowest BCUT2D eigenvalue weighted by atomic mass is 9.96. The quantitative estimate of drug-likeness (QED) is 0.855. The van der Waals surface area contributed by atoms with Crippen molar-refractivity contribution in [3.63, 3.8) is 0 Å². The number of nitrogens with zero attached hydrogens (tertiary/aromatic N) is 2. The third-order valence-electron chi connectivity index (χ3n) is 3.34. The van der Waals surface area contributed by atoms with Crippen LogP contribution in [0.2, 0.25) is 10.2 Å². The number of hydrogen-bond donors (Lipinski definition) is 1. The van der Waals surface area contributed by atoms with Crippen molar-refractivity contribution in [2.45, 2.75) is 38.3 Å². The van der Waals surface area contributed by atoms with Gasteiger partial charge in [0.2, 0.25) is 0 Å². The molecule has 1 aliphatic heterocycles. The zero-order valence-corrected chi connectivity index (χ0v) is 12.4. The number of likely N-dealkylation sites (tertiary alicyclic amines) is 1. The van der Waals surface area contributed by atoms with Crippen LogP contribution in [-0.4, -0.2) is 39.1 Å². The number of carbonyl (C=O) groups excluding carboxylic acids is 1. The molecule has 4 nitrogen and oxygen atoms in total. The highest BCUT2D eigenvalue weighted by atomic mass is 35.5. The van der Waals surface area contributed by atoms with E-state index < -0.39 is 5.60 Å². The Morgan fingerprint density at radius 2 is 2.16 bits per heavy atom. The van der Waals surface area contributed by atoms with Crippen molar-refractivity contribution in [2.75, 3.05) is 6.54 Å². The van der Waals surface area contributed by atoms with Crippen LogP contribution in [-0.2, 0) is 0 Å². The van der Waals surface area contributed by atoms with Crippen LogP contribution in [0.25, 0.3) is 0 Å². The molecule has 0 spiro atoms. The molecule has 1 atom stereocenters. The van der Waals surface area contributed by atoms with Gasteiger partial charge < -0.3 is 10.0 Å². The van der Waals surface area contributed by atoms with E-state index in [1.54, 1.807) is 24.8 Å². The third-order valence-corrected chi connectivity index (χ3v) is 3.86. The number of aromatic nitrogens is 1. The highest BCUT2D eigenvalue weighted by Crippen LogP contribution is 2.29. The van der Waals surface area contributed by atoms with E-state index in [2.05, 4.69) is 4.98 Å². The maximum Gasteiger partial charge on any atom is 0.274 e. The van der Waals surface area contributed by atoms with Gasteiger partial charge in [0.05, 0.1) is 16.7 Å². The smallest absolute Gasteiger partial charge is 0.274 e. The van der Waals surface area contributed by atoms with Gasteiger partial charge in [-0.1, -0.05) is 23.2 Å². The molecule has 1 unspecified atom stereocenters. The van der Waals surface area contributed by atoms with Crippen LogP contribution in [0.5, 0.6) is 0 Å². The SMILES string of the molecule is CC(C)(O)C1CCCN1C(=O)c1nc(Cl)ccc1Cl. The summed E-state index contributed by atoms with van der Waals surface area (Å²) in [5, 5.41) is 10.6. The summed E-state index contributed by atoms with van der Waals surface area (Å²) < 4.78 is 0. The Hall–Kier alpha value is -0.840. The number of pyridine rings is 1. The molecule has 1 N–H and O–H groups in total. The van der Waals surface area contributed by atoms with E-state index in [1.165, 1.54) is 6.07 Å². The summed E-state index contributed by atoms with van der Waals surface area (Å²) in [6.07, 6.45) is 1.63. The molecule has 0 saturated carbocycles. The topological polar surface area (TPSA) is 53.4 Å². The van der Waals surface area contributed by atoms with E-state index in [0.717, 1.165) is 12.8 Å². The number of hydrogen-bond acceptors (Lipinski definition) is 3. The normalized spacial score (nSPS) is 19.8. The maximum atomic E-state index is 12.5. The molecule has 1 saturated heterocycles. The molecule has 1 aromatic heterocycles. The zero-order valence-electron chi connectivity index (χ0n) is 10.9. The van der Waals surface area contributed by atoms with Crippen LogP contribution >= 0.6 is 23.2 Å². The summed E-state index contributed by atoms with van der Waals surface area (Å²) in [7, 11) is 0. The van der Waals surface area contributed by atoms with Crippen molar-refractivity contribution in [3.05, 3.63) is 28.0 Å².